The molecular formula is C13H27N3O2S. The van der Waals surface area contributed by atoms with Crippen LogP contribution >= 0.6 is 0 Å². The van der Waals surface area contributed by atoms with E-state index < -0.39 is 10.2 Å². The maximum atomic E-state index is 12.3. The van der Waals surface area contributed by atoms with Crippen molar-refractivity contribution < 1.29 is 8.42 Å². The predicted molar refractivity (Wildman–Crippen MR) is 77.1 cm³/mol. The Labute approximate surface area is 117 Å². The Hall–Kier alpha value is -0.170. The molecule has 0 spiro atoms. The van der Waals surface area contributed by atoms with Gasteiger partial charge in [-0.3, -0.25) is 0 Å². The van der Waals surface area contributed by atoms with E-state index >= 15 is 0 Å². The fourth-order valence-electron chi connectivity index (χ4n) is 3.20. The van der Waals surface area contributed by atoms with E-state index in [9.17, 15) is 8.42 Å². The predicted octanol–water partition coefficient (Wildman–Crippen LogP) is 0.941. The molecular weight excluding hydrogens is 262 g/mol. The number of nitrogens with zero attached hydrogens (tertiary/aromatic N) is 1. The summed E-state index contributed by atoms with van der Waals surface area (Å²) in [5.41, 5.74) is 0. The van der Waals surface area contributed by atoms with E-state index in [-0.39, 0.29) is 0 Å². The van der Waals surface area contributed by atoms with Crippen molar-refractivity contribution >= 4 is 10.2 Å². The Bertz CT molecular complexity index is 369. The van der Waals surface area contributed by atoms with Gasteiger partial charge >= 0.3 is 0 Å². The number of hydrogen-bond acceptors (Lipinski definition) is 3. The van der Waals surface area contributed by atoms with Crippen LogP contribution in [0.25, 0.3) is 0 Å². The van der Waals surface area contributed by atoms with Crippen molar-refractivity contribution in [2.75, 3.05) is 26.2 Å². The molecule has 19 heavy (non-hydrogen) atoms. The highest BCUT2D eigenvalue weighted by Crippen LogP contribution is 2.22. The Morgan fingerprint density at radius 1 is 1.21 bits per heavy atom. The lowest BCUT2D eigenvalue weighted by Crippen LogP contribution is -2.51. The van der Waals surface area contributed by atoms with E-state index in [1.165, 1.54) is 12.8 Å². The number of rotatable bonds is 4. The van der Waals surface area contributed by atoms with Crippen LogP contribution in [0.5, 0.6) is 0 Å². The van der Waals surface area contributed by atoms with E-state index in [0.717, 1.165) is 19.4 Å². The van der Waals surface area contributed by atoms with E-state index in [1.54, 1.807) is 4.31 Å². The number of piperidine rings is 2. The zero-order chi connectivity index (χ0) is 13.9. The summed E-state index contributed by atoms with van der Waals surface area (Å²) in [5, 5.41) is 3.37. The molecule has 0 radical (unpaired) electrons. The molecule has 0 aromatic heterocycles. The highest BCUT2D eigenvalue weighted by molar-refractivity contribution is 7.87. The smallest absolute Gasteiger partial charge is 0.279 e. The first-order valence-corrected chi connectivity index (χ1v) is 8.89. The van der Waals surface area contributed by atoms with Gasteiger partial charge in [-0.05, 0) is 37.6 Å². The fraction of sp³-hybridized carbons (Fsp3) is 1.00. The normalized spacial score (nSPS) is 34.3. The Morgan fingerprint density at radius 2 is 1.89 bits per heavy atom. The van der Waals surface area contributed by atoms with Crippen LogP contribution in [0.2, 0.25) is 0 Å². The van der Waals surface area contributed by atoms with E-state index in [4.69, 9.17) is 0 Å². The van der Waals surface area contributed by atoms with Crippen LogP contribution in [-0.2, 0) is 10.2 Å². The monoisotopic (exact) mass is 289 g/mol. The molecule has 0 aromatic rings. The third-order valence-corrected chi connectivity index (χ3v) is 5.61. The summed E-state index contributed by atoms with van der Waals surface area (Å²) >= 11 is 0. The number of hydrogen-bond donors (Lipinski definition) is 2. The van der Waals surface area contributed by atoms with Gasteiger partial charge in [-0.25, -0.2) is 4.72 Å². The summed E-state index contributed by atoms with van der Waals surface area (Å²) in [7, 11) is -3.31. The molecule has 3 atom stereocenters. The summed E-state index contributed by atoms with van der Waals surface area (Å²) in [5.74, 6) is 0.904. The van der Waals surface area contributed by atoms with Crippen LogP contribution in [0.15, 0.2) is 0 Å². The molecule has 5 nitrogen and oxygen atoms in total. The second-order valence-electron chi connectivity index (χ2n) is 6.26. The van der Waals surface area contributed by atoms with Crippen LogP contribution in [0.3, 0.4) is 0 Å². The van der Waals surface area contributed by atoms with Crippen LogP contribution in [-0.4, -0.2) is 44.9 Å². The van der Waals surface area contributed by atoms with Gasteiger partial charge in [0.1, 0.15) is 0 Å². The van der Waals surface area contributed by atoms with E-state index in [2.05, 4.69) is 23.9 Å². The summed E-state index contributed by atoms with van der Waals surface area (Å²) in [6.45, 7) is 7.07. The highest BCUT2D eigenvalue weighted by Gasteiger charge is 2.30. The molecule has 2 aliphatic rings. The molecule has 2 aliphatic heterocycles. The summed E-state index contributed by atoms with van der Waals surface area (Å²) in [4.78, 5) is 0. The second-order valence-corrected chi connectivity index (χ2v) is 8.02. The zero-order valence-corrected chi connectivity index (χ0v) is 12.9. The molecule has 2 saturated heterocycles. The Balaban J connectivity index is 1.86. The number of nitrogens with one attached hydrogen (secondary N) is 2. The first-order chi connectivity index (χ1) is 8.97. The molecule has 0 aliphatic carbocycles. The minimum absolute atomic E-state index is 0.295. The van der Waals surface area contributed by atoms with Gasteiger partial charge in [-0.1, -0.05) is 20.3 Å². The summed E-state index contributed by atoms with van der Waals surface area (Å²) in [6.07, 6.45) is 4.58. The van der Waals surface area contributed by atoms with Gasteiger partial charge in [-0.2, -0.15) is 12.7 Å². The average molecular weight is 289 g/mol. The van der Waals surface area contributed by atoms with Gasteiger partial charge in [0.15, 0.2) is 0 Å². The molecule has 112 valence electrons. The van der Waals surface area contributed by atoms with Gasteiger partial charge in [-0.15, -0.1) is 0 Å². The SMILES string of the molecule is CC1CC(C)CN(S(=O)(=O)NCC2CCCCN2)C1. The molecule has 6 heteroatoms. The van der Waals surface area contributed by atoms with Gasteiger partial charge in [0.05, 0.1) is 0 Å². The van der Waals surface area contributed by atoms with E-state index in [0.29, 0.717) is 37.5 Å². The van der Waals surface area contributed by atoms with Crippen molar-refractivity contribution in [1.29, 1.82) is 0 Å². The molecule has 2 N–H and O–H groups in total. The van der Waals surface area contributed by atoms with Gasteiger partial charge in [0.25, 0.3) is 10.2 Å². The average Bonchev–Trinajstić information content (AvgIpc) is 2.37. The first-order valence-electron chi connectivity index (χ1n) is 7.45. The van der Waals surface area contributed by atoms with Crippen molar-refractivity contribution in [3.8, 4) is 0 Å². The molecule has 0 aromatic carbocycles. The molecule has 2 rings (SSSR count). The Kier molecular flexibility index (Phi) is 5.22. The topological polar surface area (TPSA) is 61.4 Å². The third-order valence-electron chi connectivity index (χ3n) is 4.10. The van der Waals surface area contributed by atoms with Crippen LogP contribution in [0.4, 0.5) is 0 Å². The lowest BCUT2D eigenvalue weighted by atomic mass is 9.94. The maximum absolute atomic E-state index is 12.3. The molecule has 3 unspecified atom stereocenters. The lowest BCUT2D eigenvalue weighted by Gasteiger charge is -2.34. The van der Waals surface area contributed by atoms with Crippen molar-refractivity contribution in [3.63, 3.8) is 0 Å². The standard InChI is InChI=1S/C13H27N3O2S/c1-11-7-12(2)10-16(9-11)19(17,18)15-8-13-5-3-4-6-14-13/h11-15H,3-10H2,1-2H3. The zero-order valence-electron chi connectivity index (χ0n) is 12.1. The van der Waals surface area contributed by atoms with Crippen LogP contribution < -0.4 is 10.0 Å². The maximum Gasteiger partial charge on any atom is 0.279 e. The van der Waals surface area contributed by atoms with Crippen molar-refractivity contribution in [3.05, 3.63) is 0 Å². The van der Waals surface area contributed by atoms with Crippen LogP contribution in [0, 0.1) is 11.8 Å². The summed E-state index contributed by atoms with van der Waals surface area (Å²) in [6, 6.07) is 0.295. The molecule has 0 amide bonds. The highest BCUT2D eigenvalue weighted by atomic mass is 32.2. The Morgan fingerprint density at radius 3 is 2.47 bits per heavy atom. The van der Waals surface area contributed by atoms with Gasteiger partial charge in [0, 0.05) is 25.7 Å². The molecule has 2 fully saturated rings. The third kappa shape index (κ3) is 4.41. The minimum atomic E-state index is -3.31. The first kappa shape index (κ1) is 15.2. The lowest BCUT2D eigenvalue weighted by molar-refractivity contribution is 0.220. The minimum Gasteiger partial charge on any atom is -0.313 e. The van der Waals surface area contributed by atoms with Crippen LogP contribution in [0.1, 0.15) is 39.5 Å². The van der Waals surface area contributed by atoms with Crippen molar-refractivity contribution in [2.24, 2.45) is 11.8 Å². The van der Waals surface area contributed by atoms with E-state index in [1.807, 2.05) is 0 Å². The van der Waals surface area contributed by atoms with Gasteiger partial charge in [0.2, 0.25) is 0 Å². The molecule has 2 heterocycles. The second kappa shape index (κ2) is 6.52. The van der Waals surface area contributed by atoms with Gasteiger partial charge < -0.3 is 5.32 Å². The molecule has 0 saturated carbocycles. The van der Waals surface area contributed by atoms with Crippen molar-refractivity contribution in [2.45, 2.75) is 45.6 Å². The summed E-state index contributed by atoms with van der Waals surface area (Å²) < 4.78 is 29.0. The largest absolute Gasteiger partial charge is 0.313 e. The quantitative estimate of drug-likeness (QED) is 0.810. The fourth-order valence-corrected chi connectivity index (χ4v) is 4.69. The van der Waals surface area contributed by atoms with Crippen molar-refractivity contribution in [1.82, 2.24) is 14.3 Å². The molecule has 0 bridgehead atoms.